The van der Waals surface area contributed by atoms with Crippen LogP contribution in [0.5, 0.6) is 0 Å². The Morgan fingerprint density at radius 3 is 2.09 bits per heavy atom. The lowest BCUT2D eigenvalue weighted by atomic mass is 9.98. The number of nitrogens with one attached hydrogen (secondary N) is 2. The molecule has 7 heteroatoms. The highest BCUT2D eigenvalue weighted by Gasteiger charge is 2.29. The van der Waals surface area contributed by atoms with Crippen molar-refractivity contribution in [2.75, 3.05) is 6.61 Å². The van der Waals surface area contributed by atoms with E-state index in [-0.39, 0.29) is 24.9 Å². The predicted molar refractivity (Wildman–Crippen MR) is 131 cm³/mol. The van der Waals surface area contributed by atoms with E-state index in [1.807, 2.05) is 45.0 Å². The molecule has 7 nitrogen and oxygen atoms in total. The van der Waals surface area contributed by atoms with Crippen LogP contribution in [0.1, 0.15) is 63.5 Å². The lowest BCUT2D eigenvalue weighted by Crippen LogP contribution is -2.45. The van der Waals surface area contributed by atoms with E-state index in [9.17, 15) is 19.5 Å². The highest BCUT2D eigenvalue weighted by Crippen LogP contribution is 2.44. The van der Waals surface area contributed by atoms with Gasteiger partial charge in [0.05, 0.1) is 0 Å². The Morgan fingerprint density at radius 1 is 0.971 bits per heavy atom. The summed E-state index contributed by atoms with van der Waals surface area (Å²) in [5.41, 5.74) is 4.57. The van der Waals surface area contributed by atoms with Crippen LogP contribution in [0.15, 0.2) is 48.5 Å². The van der Waals surface area contributed by atoms with Crippen LogP contribution in [0, 0.1) is 5.92 Å². The van der Waals surface area contributed by atoms with Crippen molar-refractivity contribution in [1.82, 2.24) is 10.6 Å². The lowest BCUT2D eigenvalue weighted by molar-refractivity contribution is -0.142. The van der Waals surface area contributed by atoms with E-state index in [4.69, 9.17) is 4.74 Å². The number of fused-ring (bicyclic) bond motifs is 3. The van der Waals surface area contributed by atoms with E-state index < -0.39 is 30.1 Å². The molecule has 1 aliphatic rings. The Morgan fingerprint density at radius 2 is 1.56 bits per heavy atom. The van der Waals surface area contributed by atoms with Crippen LogP contribution in [-0.4, -0.2) is 41.8 Å². The molecule has 0 saturated heterocycles. The first-order valence-electron chi connectivity index (χ1n) is 11.9. The van der Waals surface area contributed by atoms with Gasteiger partial charge in [0.25, 0.3) is 0 Å². The van der Waals surface area contributed by atoms with Crippen LogP contribution in [0.3, 0.4) is 0 Å². The van der Waals surface area contributed by atoms with Crippen LogP contribution < -0.4 is 10.6 Å². The molecule has 1 unspecified atom stereocenters. The van der Waals surface area contributed by atoms with Crippen molar-refractivity contribution < 1.29 is 24.2 Å². The zero-order valence-electron chi connectivity index (χ0n) is 20.0. The number of hydrogen-bond donors (Lipinski definition) is 3. The van der Waals surface area contributed by atoms with Gasteiger partial charge in [-0.2, -0.15) is 0 Å². The fraction of sp³-hybridized carbons (Fsp3) is 0.444. The second-order valence-electron chi connectivity index (χ2n) is 9.25. The Labute approximate surface area is 200 Å². The van der Waals surface area contributed by atoms with Gasteiger partial charge < -0.3 is 20.5 Å². The van der Waals surface area contributed by atoms with Crippen molar-refractivity contribution in [3.63, 3.8) is 0 Å². The maximum Gasteiger partial charge on any atom is 0.407 e. The molecule has 1 aliphatic carbocycles. The smallest absolute Gasteiger partial charge is 0.407 e. The number of carbonyl (C=O) groups is 3. The molecule has 0 saturated carbocycles. The molecule has 0 bridgehead atoms. The molecule has 2 atom stereocenters. The summed E-state index contributed by atoms with van der Waals surface area (Å²) in [5.74, 6) is -1.37. The van der Waals surface area contributed by atoms with E-state index in [0.717, 1.165) is 28.7 Å². The fourth-order valence-corrected chi connectivity index (χ4v) is 4.55. The Bertz CT molecular complexity index is 974. The number of carbonyl (C=O) groups excluding carboxylic acids is 2. The van der Waals surface area contributed by atoms with Crippen molar-refractivity contribution in [2.24, 2.45) is 5.92 Å². The molecule has 2 aromatic rings. The average Bonchev–Trinajstić information content (AvgIpc) is 3.11. The number of carboxylic acid groups (broad SMARTS) is 1. The molecule has 0 heterocycles. The highest BCUT2D eigenvalue weighted by molar-refractivity contribution is 5.84. The monoisotopic (exact) mass is 466 g/mol. The second-order valence-corrected chi connectivity index (χ2v) is 9.25. The van der Waals surface area contributed by atoms with Gasteiger partial charge in [-0.25, -0.2) is 9.59 Å². The molecular formula is C27H34N2O5. The number of benzene rings is 2. The SMILES string of the molecule is CCC[C@H](CC(=O)NC(CC(C)C)C(=O)O)NC(=O)OCC1c2ccccc2-c2ccccc21. The Hall–Kier alpha value is -3.35. The summed E-state index contributed by atoms with van der Waals surface area (Å²) in [4.78, 5) is 36.5. The quantitative estimate of drug-likeness (QED) is 0.445. The number of rotatable bonds is 11. The third kappa shape index (κ3) is 6.37. The summed E-state index contributed by atoms with van der Waals surface area (Å²) in [6.45, 7) is 5.96. The molecule has 34 heavy (non-hydrogen) atoms. The van der Waals surface area contributed by atoms with E-state index in [2.05, 4.69) is 34.9 Å². The van der Waals surface area contributed by atoms with Gasteiger partial charge in [-0.05, 0) is 41.0 Å². The van der Waals surface area contributed by atoms with Gasteiger partial charge in [0.1, 0.15) is 12.6 Å². The van der Waals surface area contributed by atoms with Crippen LogP contribution in [-0.2, 0) is 14.3 Å². The zero-order valence-corrected chi connectivity index (χ0v) is 20.0. The number of amides is 2. The summed E-state index contributed by atoms with van der Waals surface area (Å²) in [7, 11) is 0. The molecule has 0 spiro atoms. The minimum Gasteiger partial charge on any atom is -0.480 e. The van der Waals surface area contributed by atoms with E-state index >= 15 is 0 Å². The molecule has 0 fully saturated rings. The van der Waals surface area contributed by atoms with Crippen LogP contribution in [0.25, 0.3) is 11.1 Å². The predicted octanol–water partition coefficient (Wildman–Crippen LogP) is 4.70. The molecule has 2 amide bonds. The van der Waals surface area contributed by atoms with Gasteiger partial charge in [0.15, 0.2) is 0 Å². The first-order valence-corrected chi connectivity index (χ1v) is 11.9. The minimum atomic E-state index is -1.06. The first kappa shape index (κ1) is 25.3. The highest BCUT2D eigenvalue weighted by atomic mass is 16.5. The topological polar surface area (TPSA) is 105 Å². The summed E-state index contributed by atoms with van der Waals surface area (Å²) in [5, 5.41) is 14.7. The van der Waals surface area contributed by atoms with Crippen molar-refractivity contribution in [2.45, 2.75) is 64.5 Å². The van der Waals surface area contributed by atoms with Crippen molar-refractivity contribution in [3.8, 4) is 11.1 Å². The fourth-order valence-electron chi connectivity index (χ4n) is 4.55. The van der Waals surface area contributed by atoms with Gasteiger partial charge in [-0.15, -0.1) is 0 Å². The number of carboxylic acids is 1. The minimum absolute atomic E-state index is 0.0000887. The van der Waals surface area contributed by atoms with Gasteiger partial charge in [0.2, 0.25) is 5.91 Å². The second kappa shape index (κ2) is 11.7. The normalized spacial score (nSPS) is 14.1. The molecular weight excluding hydrogens is 432 g/mol. The number of ether oxygens (including phenoxy) is 1. The maximum atomic E-state index is 12.6. The van der Waals surface area contributed by atoms with E-state index in [1.165, 1.54) is 0 Å². The van der Waals surface area contributed by atoms with E-state index in [0.29, 0.717) is 12.8 Å². The first-order chi connectivity index (χ1) is 16.3. The molecule has 3 N–H and O–H groups in total. The van der Waals surface area contributed by atoms with Crippen LogP contribution in [0.4, 0.5) is 4.79 Å². The average molecular weight is 467 g/mol. The lowest BCUT2D eigenvalue weighted by Gasteiger charge is -2.21. The van der Waals surface area contributed by atoms with Gasteiger partial charge in [-0.1, -0.05) is 75.7 Å². The summed E-state index contributed by atoms with van der Waals surface area (Å²) >= 11 is 0. The van der Waals surface area contributed by atoms with Gasteiger partial charge in [0, 0.05) is 18.4 Å². The van der Waals surface area contributed by atoms with Crippen molar-refractivity contribution in [3.05, 3.63) is 59.7 Å². The molecule has 0 radical (unpaired) electrons. The van der Waals surface area contributed by atoms with E-state index in [1.54, 1.807) is 0 Å². The number of aliphatic carboxylic acids is 1. The zero-order chi connectivity index (χ0) is 24.7. The standard InChI is InChI=1S/C27H34N2O5/c1-4-9-18(15-25(30)29-24(26(31)32)14-17(2)3)28-27(33)34-16-23-21-12-7-5-10-19(21)20-11-6-8-13-22(20)23/h5-8,10-13,17-18,23-24H,4,9,14-16H2,1-3H3,(H,28,33)(H,29,30)(H,31,32)/t18-,24?/m1/s1. The van der Waals surface area contributed by atoms with Crippen LogP contribution in [0.2, 0.25) is 0 Å². The van der Waals surface area contributed by atoms with Gasteiger partial charge >= 0.3 is 12.1 Å². The summed E-state index contributed by atoms with van der Waals surface area (Å²) in [6, 6.07) is 14.9. The summed E-state index contributed by atoms with van der Waals surface area (Å²) in [6.07, 6.45) is 1.11. The molecule has 2 aromatic carbocycles. The van der Waals surface area contributed by atoms with Crippen molar-refractivity contribution in [1.29, 1.82) is 0 Å². The summed E-state index contributed by atoms with van der Waals surface area (Å²) < 4.78 is 5.59. The third-order valence-electron chi connectivity index (χ3n) is 6.08. The largest absolute Gasteiger partial charge is 0.480 e. The number of hydrogen-bond acceptors (Lipinski definition) is 4. The molecule has 3 rings (SSSR count). The Balaban J connectivity index is 1.58. The molecule has 182 valence electrons. The van der Waals surface area contributed by atoms with Gasteiger partial charge in [-0.3, -0.25) is 4.79 Å². The van der Waals surface area contributed by atoms with Crippen molar-refractivity contribution >= 4 is 18.0 Å². The van der Waals surface area contributed by atoms with Crippen LogP contribution >= 0.6 is 0 Å². The molecule has 0 aromatic heterocycles. The Kier molecular flexibility index (Phi) is 8.68. The third-order valence-corrected chi connectivity index (χ3v) is 6.08. The maximum absolute atomic E-state index is 12.6. The molecule has 0 aliphatic heterocycles. The number of alkyl carbamates (subject to hydrolysis) is 1.